The minimum absolute atomic E-state index is 0.0598. The van der Waals surface area contributed by atoms with Gasteiger partial charge in [-0.1, -0.05) is 20.8 Å². The second kappa shape index (κ2) is 6.93. The van der Waals surface area contributed by atoms with Gasteiger partial charge in [-0.05, 0) is 44.9 Å². The van der Waals surface area contributed by atoms with Crippen LogP contribution in [0.2, 0.25) is 0 Å². The van der Waals surface area contributed by atoms with Crippen LogP contribution in [0, 0.1) is 5.92 Å². The summed E-state index contributed by atoms with van der Waals surface area (Å²) in [6.45, 7) is 10.9. The van der Waals surface area contributed by atoms with Gasteiger partial charge in [0.1, 0.15) is 6.54 Å². The molecule has 0 saturated carbocycles. The van der Waals surface area contributed by atoms with Crippen LogP contribution in [0.15, 0.2) is 18.5 Å². The summed E-state index contributed by atoms with van der Waals surface area (Å²) in [5.74, 6) is 0.577. The van der Waals surface area contributed by atoms with Crippen LogP contribution in [-0.2, 0) is 11.3 Å². The van der Waals surface area contributed by atoms with Crippen LogP contribution in [-0.4, -0.2) is 23.1 Å². The standard InChI is InChI=1S/C16H29N3O/c1-7-16(4,5)18-14(20)11-19-9-8-13(10-19)15(17-6)12(2)3/h8-10,12,15,17H,7,11H2,1-6H3,(H,18,20). The van der Waals surface area contributed by atoms with Crippen molar-refractivity contribution in [3.05, 3.63) is 24.0 Å². The van der Waals surface area contributed by atoms with Crippen LogP contribution in [0.3, 0.4) is 0 Å². The van der Waals surface area contributed by atoms with Crippen molar-refractivity contribution >= 4 is 5.91 Å². The molecule has 0 aliphatic rings. The molecule has 1 atom stereocenters. The lowest BCUT2D eigenvalue weighted by atomic mass is 9.99. The molecule has 4 nitrogen and oxygen atoms in total. The van der Waals surface area contributed by atoms with E-state index in [1.54, 1.807) is 0 Å². The smallest absolute Gasteiger partial charge is 0.240 e. The molecule has 1 unspecified atom stereocenters. The minimum Gasteiger partial charge on any atom is -0.350 e. The first-order valence-electron chi connectivity index (χ1n) is 7.43. The van der Waals surface area contributed by atoms with Crippen LogP contribution < -0.4 is 10.6 Å². The maximum atomic E-state index is 12.0. The maximum Gasteiger partial charge on any atom is 0.240 e. The van der Waals surface area contributed by atoms with Crippen molar-refractivity contribution in [2.45, 2.75) is 59.2 Å². The molecule has 1 aromatic rings. The molecular formula is C16H29N3O. The number of nitrogens with zero attached hydrogens (tertiary/aromatic N) is 1. The number of aromatic nitrogens is 1. The first-order chi connectivity index (χ1) is 9.29. The molecule has 0 bridgehead atoms. The summed E-state index contributed by atoms with van der Waals surface area (Å²) >= 11 is 0. The maximum absolute atomic E-state index is 12.0. The van der Waals surface area contributed by atoms with Crippen molar-refractivity contribution < 1.29 is 4.79 Å². The van der Waals surface area contributed by atoms with E-state index in [0.29, 0.717) is 18.5 Å². The Morgan fingerprint density at radius 3 is 2.55 bits per heavy atom. The van der Waals surface area contributed by atoms with E-state index in [9.17, 15) is 4.79 Å². The Kier molecular flexibility index (Phi) is 5.81. The van der Waals surface area contributed by atoms with Gasteiger partial charge in [0.05, 0.1) is 0 Å². The number of hydrogen-bond acceptors (Lipinski definition) is 2. The Morgan fingerprint density at radius 2 is 2.05 bits per heavy atom. The Labute approximate surface area is 122 Å². The van der Waals surface area contributed by atoms with E-state index < -0.39 is 0 Å². The average Bonchev–Trinajstić information content (AvgIpc) is 2.77. The monoisotopic (exact) mass is 279 g/mol. The minimum atomic E-state index is -0.140. The van der Waals surface area contributed by atoms with Gasteiger partial charge in [-0.25, -0.2) is 0 Å². The lowest BCUT2D eigenvalue weighted by molar-refractivity contribution is -0.123. The molecule has 4 heteroatoms. The van der Waals surface area contributed by atoms with Gasteiger partial charge >= 0.3 is 0 Å². The van der Waals surface area contributed by atoms with E-state index in [2.05, 4.69) is 43.7 Å². The number of nitrogens with one attached hydrogen (secondary N) is 2. The molecule has 0 aliphatic carbocycles. The molecule has 0 fully saturated rings. The van der Waals surface area contributed by atoms with Gasteiger partial charge in [0.15, 0.2) is 0 Å². The van der Waals surface area contributed by atoms with Gasteiger partial charge in [0.25, 0.3) is 0 Å². The highest BCUT2D eigenvalue weighted by Crippen LogP contribution is 2.21. The predicted molar refractivity (Wildman–Crippen MR) is 83.6 cm³/mol. The van der Waals surface area contributed by atoms with Crippen LogP contribution in [0.4, 0.5) is 0 Å². The zero-order chi connectivity index (χ0) is 15.3. The second-order valence-corrected chi connectivity index (χ2v) is 6.41. The third-order valence-corrected chi connectivity index (χ3v) is 3.80. The topological polar surface area (TPSA) is 46.1 Å². The first-order valence-corrected chi connectivity index (χ1v) is 7.43. The third kappa shape index (κ3) is 4.67. The van der Waals surface area contributed by atoms with E-state index in [1.165, 1.54) is 5.56 Å². The molecule has 0 saturated heterocycles. The molecule has 114 valence electrons. The lowest BCUT2D eigenvalue weighted by Gasteiger charge is -2.24. The highest BCUT2D eigenvalue weighted by molar-refractivity contribution is 5.76. The molecule has 0 spiro atoms. The Hall–Kier alpha value is -1.29. The first kappa shape index (κ1) is 16.8. The van der Waals surface area contributed by atoms with Crippen molar-refractivity contribution in [1.82, 2.24) is 15.2 Å². The zero-order valence-electron chi connectivity index (χ0n) is 13.7. The fourth-order valence-corrected chi connectivity index (χ4v) is 2.30. The third-order valence-electron chi connectivity index (χ3n) is 3.80. The molecule has 1 heterocycles. The summed E-state index contributed by atoms with van der Waals surface area (Å²) in [6, 6.07) is 2.41. The number of amides is 1. The van der Waals surface area contributed by atoms with E-state index in [0.717, 1.165) is 6.42 Å². The number of rotatable bonds is 7. The summed E-state index contributed by atoms with van der Waals surface area (Å²) in [6.07, 6.45) is 4.95. The van der Waals surface area contributed by atoms with Crippen molar-refractivity contribution in [2.75, 3.05) is 7.05 Å². The highest BCUT2D eigenvalue weighted by atomic mass is 16.2. The molecule has 0 aliphatic heterocycles. The van der Waals surface area contributed by atoms with Gasteiger partial charge in [0, 0.05) is 24.0 Å². The fourth-order valence-electron chi connectivity index (χ4n) is 2.30. The average molecular weight is 279 g/mol. The van der Waals surface area contributed by atoms with E-state index in [-0.39, 0.29) is 11.4 Å². The summed E-state index contributed by atoms with van der Waals surface area (Å²) in [7, 11) is 1.97. The fraction of sp³-hybridized carbons (Fsp3) is 0.688. The van der Waals surface area contributed by atoms with Crippen LogP contribution >= 0.6 is 0 Å². The summed E-state index contributed by atoms with van der Waals surface area (Å²) in [5.41, 5.74) is 1.09. The molecule has 2 N–H and O–H groups in total. The van der Waals surface area contributed by atoms with Gasteiger partial charge in [-0.3, -0.25) is 4.79 Å². The predicted octanol–water partition coefficient (Wildman–Crippen LogP) is 2.71. The summed E-state index contributed by atoms with van der Waals surface area (Å²) in [4.78, 5) is 12.0. The van der Waals surface area contributed by atoms with Gasteiger partial charge in [0.2, 0.25) is 5.91 Å². The van der Waals surface area contributed by atoms with Crippen LogP contribution in [0.25, 0.3) is 0 Å². The lowest BCUT2D eigenvalue weighted by Crippen LogP contribution is -2.44. The van der Waals surface area contributed by atoms with Crippen molar-refractivity contribution in [3.63, 3.8) is 0 Å². The Balaban J connectivity index is 2.67. The second-order valence-electron chi connectivity index (χ2n) is 6.41. The van der Waals surface area contributed by atoms with Gasteiger partial charge in [-0.15, -0.1) is 0 Å². The van der Waals surface area contributed by atoms with Crippen LogP contribution in [0.1, 0.15) is 52.6 Å². The summed E-state index contributed by atoms with van der Waals surface area (Å²) in [5, 5.41) is 6.37. The molecule has 0 radical (unpaired) electrons. The Bertz CT molecular complexity index is 435. The van der Waals surface area contributed by atoms with Crippen LogP contribution in [0.5, 0.6) is 0 Å². The van der Waals surface area contributed by atoms with Gasteiger partial charge < -0.3 is 15.2 Å². The SMILES string of the molecule is CCC(C)(C)NC(=O)Cn1ccc(C(NC)C(C)C)c1. The summed E-state index contributed by atoms with van der Waals surface area (Å²) < 4.78 is 1.95. The number of hydrogen-bond donors (Lipinski definition) is 2. The highest BCUT2D eigenvalue weighted by Gasteiger charge is 2.19. The molecule has 0 aromatic carbocycles. The molecule has 20 heavy (non-hydrogen) atoms. The molecule has 1 amide bonds. The number of carbonyl (C=O) groups excluding carboxylic acids is 1. The van der Waals surface area contributed by atoms with Gasteiger partial charge in [-0.2, -0.15) is 0 Å². The number of carbonyl (C=O) groups is 1. The van der Waals surface area contributed by atoms with Crippen molar-refractivity contribution in [2.24, 2.45) is 5.92 Å². The molecule has 1 aromatic heterocycles. The van der Waals surface area contributed by atoms with E-state index in [1.807, 2.05) is 31.7 Å². The van der Waals surface area contributed by atoms with E-state index >= 15 is 0 Å². The normalized spacial score (nSPS) is 13.6. The molecule has 1 rings (SSSR count). The zero-order valence-corrected chi connectivity index (χ0v) is 13.7. The van der Waals surface area contributed by atoms with Crippen molar-refractivity contribution in [1.29, 1.82) is 0 Å². The quantitative estimate of drug-likeness (QED) is 0.806. The molecular weight excluding hydrogens is 250 g/mol. The van der Waals surface area contributed by atoms with Crippen molar-refractivity contribution in [3.8, 4) is 0 Å². The van der Waals surface area contributed by atoms with E-state index in [4.69, 9.17) is 0 Å². The Morgan fingerprint density at radius 1 is 1.40 bits per heavy atom. The largest absolute Gasteiger partial charge is 0.350 e.